The minimum absolute atomic E-state index is 0.0000665. The summed E-state index contributed by atoms with van der Waals surface area (Å²) in [6.07, 6.45) is 9.54. The minimum Gasteiger partial charge on any atom is -0.455 e. The van der Waals surface area contributed by atoms with Gasteiger partial charge in [-0.25, -0.2) is 4.79 Å². The maximum absolute atomic E-state index is 11.6. The summed E-state index contributed by atoms with van der Waals surface area (Å²) < 4.78 is 5.46. The number of rotatable bonds is 3. The van der Waals surface area contributed by atoms with Crippen LogP contribution in [0, 0.1) is 23.2 Å². The molecule has 0 radical (unpaired) electrons. The highest BCUT2D eigenvalue weighted by molar-refractivity contribution is 9.11. The van der Waals surface area contributed by atoms with Crippen LogP contribution in [0.15, 0.2) is 22.2 Å². The van der Waals surface area contributed by atoms with E-state index in [1.54, 1.807) is 5.57 Å². The first-order chi connectivity index (χ1) is 10.5. The zero-order valence-corrected chi connectivity index (χ0v) is 15.5. The lowest BCUT2D eigenvalue weighted by Crippen LogP contribution is -2.36. The molecule has 0 saturated heterocycles. The van der Waals surface area contributed by atoms with Crippen molar-refractivity contribution in [1.82, 2.24) is 0 Å². The van der Waals surface area contributed by atoms with Crippen LogP contribution in [0.4, 0.5) is 0 Å². The van der Waals surface area contributed by atoms with E-state index >= 15 is 0 Å². The Hall–Kier alpha value is -0.570. The number of fused-ring (bicyclic) bond motifs is 1. The molecule has 0 aromatic carbocycles. The number of cyclic esters (lactones) is 1. The molecule has 0 spiro atoms. The molecule has 3 rings (SSSR count). The molecule has 0 aromatic rings. The summed E-state index contributed by atoms with van der Waals surface area (Å²) in [5.41, 5.74) is 2.82. The highest BCUT2D eigenvalue weighted by Crippen LogP contribution is 2.60. The number of hydrogen-bond donors (Lipinski definition) is 0. The zero-order valence-electron chi connectivity index (χ0n) is 13.9. The SMILES string of the molecule is CC1=C[C@H](C[C@@H](C)[C@H]2CCC3C(=CBr)CCC[C@@]32C)OC1=O. The first-order valence-electron chi connectivity index (χ1n) is 8.64. The molecule has 5 atom stereocenters. The van der Waals surface area contributed by atoms with Gasteiger partial charge < -0.3 is 4.74 Å². The molecule has 1 aliphatic heterocycles. The number of ether oxygens (including phenoxy) is 1. The first kappa shape index (κ1) is 16.3. The molecular formula is C19H27BrO2. The van der Waals surface area contributed by atoms with Crippen molar-refractivity contribution in [3.8, 4) is 0 Å². The summed E-state index contributed by atoms with van der Waals surface area (Å²) in [6.45, 7) is 6.72. The third-order valence-electron chi connectivity index (χ3n) is 6.49. The third kappa shape index (κ3) is 2.70. The topological polar surface area (TPSA) is 26.3 Å². The van der Waals surface area contributed by atoms with Crippen LogP contribution in [-0.4, -0.2) is 12.1 Å². The first-order valence-corrected chi connectivity index (χ1v) is 9.56. The average Bonchev–Trinajstić information content (AvgIpc) is 2.98. The fourth-order valence-corrected chi connectivity index (χ4v) is 5.95. The number of carbonyl (C=O) groups excluding carboxylic acids is 1. The van der Waals surface area contributed by atoms with Gasteiger partial charge in [0.05, 0.1) is 0 Å². The lowest BCUT2D eigenvalue weighted by atomic mass is 9.61. The van der Waals surface area contributed by atoms with Gasteiger partial charge in [0.2, 0.25) is 0 Å². The number of hydrogen-bond acceptors (Lipinski definition) is 2. The zero-order chi connectivity index (χ0) is 15.9. The summed E-state index contributed by atoms with van der Waals surface area (Å²) >= 11 is 3.59. The Morgan fingerprint density at radius 2 is 2.27 bits per heavy atom. The summed E-state index contributed by atoms with van der Waals surface area (Å²) in [5.74, 6) is 1.96. The van der Waals surface area contributed by atoms with E-state index in [0.29, 0.717) is 11.3 Å². The predicted molar refractivity (Wildman–Crippen MR) is 92.6 cm³/mol. The van der Waals surface area contributed by atoms with Gasteiger partial charge in [-0.1, -0.05) is 35.4 Å². The van der Waals surface area contributed by atoms with Crippen molar-refractivity contribution in [3.05, 3.63) is 22.2 Å². The molecule has 1 heterocycles. The fourth-order valence-electron chi connectivity index (χ4n) is 5.40. The largest absolute Gasteiger partial charge is 0.455 e. The van der Waals surface area contributed by atoms with Crippen molar-refractivity contribution in [3.63, 3.8) is 0 Å². The van der Waals surface area contributed by atoms with Gasteiger partial charge in [-0.2, -0.15) is 0 Å². The van der Waals surface area contributed by atoms with Crippen molar-refractivity contribution in [2.75, 3.05) is 0 Å². The minimum atomic E-state index is -0.130. The Morgan fingerprint density at radius 1 is 1.50 bits per heavy atom. The molecular weight excluding hydrogens is 340 g/mol. The molecule has 2 fully saturated rings. The van der Waals surface area contributed by atoms with E-state index in [1.807, 2.05) is 13.0 Å². The second-order valence-corrected chi connectivity index (χ2v) is 8.24. The van der Waals surface area contributed by atoms with E-state index < -0.39 is 0 Å². The average molecular weight is 367 g/mol. The molecule has 3 aliphatic rings. The van der Waals surface area contributed by atoms with Gasteiger partial charge in [0.15, 0.2) is 0 Å². The van der Waals surface area contributed by atoms with E-state index in [9.17, 15) is 4.79 Å². The van der Waals surface area contributed by atoms with Crippen LogP contribution in [0.5, 0.6) is 0 Å². The predicted octanol–water partition coefficient (Wildman–Crippen LogP) is 5.38. The molecule has 0 N–H and O–H groups in total. The summed E-state index contributed by atoms with van der Waals surface area (Å²) in [5, 5.41) is 0. The molecule has 0 bridgehead atoms. The van der Waals surface area contributed by atoms with Crippen LogP contribution in [0.25, 0.3) is 0 Å². The Bertz CT molecular complexity index is 522. The van der Waals surface area contributed by atoms with E-state index in [4.69, 9.17) is 4.74 Å². The maximum atomic E-state index is 11.6. The van der Waals surface area contributed by atoms with Crippen LogP contribution < -0.4 is 0 Å². The molecule has 2 nitrogen and oxygen atoms in total. The van der Waals surface area contributed by atoms with Gasteiger partial charge in [-0.05, 0) is 79.7 Å². The Morgan fingerprint density at radius 3 is 2.91 bits per heavy atom. The number of allylic oxidation sites excluding steroid dienone is 1. The molecule has 0 aromatic heterocycles. The van der Waals surface area contributed by atoms with Gasteiger partial charge >= 0.3 is 5.97 Å². The van der Waals surface area contributed by atoms with E-state index in [2.05, 4.69) is 34.8 Å². The van der Waals surface area contributed by atoms with Crippen molar-refractivity contribution < 1.29 is 9.53 Å². The van der Waals surface area contributed by atoms with Crippen LogP contribution in [-0.2, 0) is 9.53 Å². The summed E-state index contributed by atoms with van der Waals surface area (Å²) in [4.78, 5) is 13.7. The Labute approximate surface area is 142 Å². The van der Waals surface area contributed by atoms with E-state index in [1.165, 1.54) is 32.1 Å². The number of carbonyl (C=O) groups is 1. The lowest BCUT2D eigenvalue weighted by Gasteiger charge is -2.44. The van der Waals surface area contributed by atoms with Crippen LogP contribution in [0.3, 0.4) is 0 Å². The smallest absolute Gasteiger partial charge is 0.334 e. The molecule has 2 aliphatic carbocycles. The van der Waals surface area contributed by atoms with Crippen LogP contribution >= 0.6 is 15.9 Å². The molecule has 1 unspecified atom stereocenters. The third-order valence-corrected chi connectivity index (χ3v) is 7.07. The van der Waals surface area contributed by atoms with Gasteiger partial charge in [-0.15, -0.1) is 0 Å². The monoisotopic (exact) mass is 366 g/mol. The second-order valence-electron chi connectivity index (χ2n) is 7.79. The van der Waals surface area contributed by atoms with Crippen molar-refractivity contribution in [1.29, 1.82) is 0 Å². The molecule has 122 valence electrons. The summed E-state index contributed by atoms with van der Waals surface area (Å²) in [6, 6.07) is 0. The van der Waals surface area contributed by atoms with Crippen molar-refractivity contribution in [2.45, 2.75) is 65.4 Å². The molecule has 0 amide bonds. The normalized spacial score (nSPS) is 41.3. The lowest BCUT2D eigenvalue weighted by molar-refractivity contribution is -0.140. The number of halogens is 1. The highest BCUT2D eigenvalue weighted by Gasteiger charge is 2.50. The molecule has 3 heteroatoms. The standard InChI is InChI=1S/C19H27BrO2/c1-12(9-15-10-13(2)18(21)22-15)16-6-7-17-14(11-20)5-4-8-19(16,17)3/h10-12,15-17H,4-9H2,1-3H3/t12-,15+,16-,17?,19-/m1/s1. The van der Waals surface area contributed by atoms with Gasteiger partial charge in [0.1, 0.15) is 6.10 Å². The van der Waals surface area contributed by atoms with Crippen LogP contribution in [0.2, 0.25) is 0 Å². The van der Waals surface area contributed by atoms with Gasteiger partial charge in [0, 0.05) is 5.57 Å². The molecule has 2 saturated carbocycles. The Balaban J connectivity index is 1.71. The Kier molecular flexibility index (Phi) is 4.55. The quantitative estimate of drug-likeness (QED) is 0.626. The maximum Gasteiger partial charge on any atom is 0.334 e. The molecule has 22 heavy (non-hydrogen) atoms. The van der Waals surface area contributed by atoms with E-state index in [0.717, 1.165) is 23.8 Å². The number of esters is 1. The van der Waals surface area contributed by atoms with Crippen molar-refractivity contribution >= 4 is 21.9 Å². The van der Waals surface area contributed by atoms with Gasteiger partial charge in [0.25, 0.3) is 0 Å². The summed E-state index contributed by atoms with van der Waals surface area (Å²) in [7, 11) is 0. The van der Waals surface area contributed by atoms with Crippen molar-refractivity contribution in [2.24, 2.45) is 23.2 Å². The van der Waals surface area contributed by atoms with E-state index in [-0.39, 0.29) is 12.1 Å². The highest BCUT2D eigenvalue weighted by atomic mass is 79.9. The van der Waals surface area contributed by atoms with Gasteiger partial charge in [-0.3, -0.25) is 0 Å². The van der Waals surface area contributed by atoms with Crippen LogP contribution in [0.1, 0.15) is 59.3 Å². The fraction of sp³-hybridized carbons (Fsp3) is 0.737. The second kappa shape index (κ2) is 6.14.